The van der Waals surface area contributed by atoms with Gasteiger partial charge in [0.2, 0.25) is 0 Å². The molecular weight excluding hydrogens is 262 g/mol. The first-order valence-corrected chi connectivity index (χ1v) is 7.24. The fourth-order valence-corrected chi connectivity index (χ4v) is 2.25. The van der Waals surface area contributed by atoms with E-state index in [4.69, 9.17) is 11.6 Å². The SMILES string of the molecule is CN1CCN(c2ccc(NCC(O)CCl)cc2)CC1. The Balaban J connectivity index is 1.87. The monoisotopic (exact) mass is 283 g/mol. The number of hydrogen-bond donors (Lipinski definition) is 2. The fraction of sp³-hybridized carbons (Fsp3) is 0.571. The molecule has 5 heteroatoms. The maximum atomic E-state index is 9.40. The summed E-state index contributed by atoms with van der Waals surface area (Å²) in [6, 6.07) is 8.35. The van der Waals surface area contributed by atoms with E-state index in [9.17, 15) is 5.11 Å². The highest BCUT2D eigenvalue weighted by molar-refractivity contribution is 6.18. The first kappa shape index (κ1) is 14.4. The lowest BCUT2D eigenvalue weighted by molar-refractivity contribution is 0.211. The van der Waals surface area contributed by atoms with Crippen molar-refractivity contribution in [2.75, 3.05) is 55.9 Å². The highest BCUT2D eigenvalue weighted by Crippen LogP contribution is 2.19. The Hall–Kier alpha value is -0.970. The van der Waals surface area contributed by atoms with E-state index in [0.29, 0.717) is 6.54 Å². The quantitative estimate of drug-likeness (QED) is 0.803. The van der Waals surface area contributed by atoms with Crippen LogP contribution >= 0.6 is 11.6 Å². The molecule has 0 radical (unpaired) electrons. The number of rotatable bonds is 5. The summed E-state index contributed by atoms with van der Waals surface area (Å²) in [6.07, 6.45) is -0.501. The second-order valence-electron chi connectivity index (χ2n) is 5.03. The van der Waals surface area contributed by atoms with Crippen molar-refractivity contribution in [2.45, 2.75) is 6.10 Å². The minimum atomic E-state index is -0.501. The molecule has 0 spiro atoms. The van der Waals surface area contributed by atoms with E-state index < -0.39 is 6.10 Å². The predicted molar refractivity (Wildman–Crippen MR) is 81.4 cm³/mol. The van der Waals surface area contributed by atoms with Gasteiger partial charge in [-0.1, -0.05) is 0 Å². The molecule has 0 saturated carbocycles. The average molecular weight is 284 g/mol. The van der Waals surface area contributed by atoms with Gasteiger partial charge >= 0.3 is 0 Å². The zero-order chi connectivity index (χ0) is 13.7. The predicted octanol–water partition coefficient (Wildman–Crippen LogP) is 1.45. The van der Waals surface area contributed by atoms with Gasteiger partial charge in [0.25, 0.3) is 0 Å². The number of nitrogens with zero attached hydrogens (tertiary/aromatic N) is 2. The Labute approximate surface area is 120 Å². The lowest BCUT2D eigenvalue weighted by Gasteiger charge is -2.34. The van der Waals surface area contributed by atoms with Crippen LogP contribution in [0.4, 0.5) is 11.4 Å². The Morgan fingerprint density at radius 3 is 2.42 bits per heavy atom. The summed E-state index contributed by atoms with van der Waals surface area (Å²) in [5.74, 6) is 0.256. The number of aliphatic hydroxyl groups excluding tert-OH is 1. The second-order valence-corrected chi connectivity index (χ2v) is 5.33. The number of piperazine rings is 1. The number of hydrogen-bond acceptors (Lipinski definition) is 4. The molecule has 1 aromatic carbocycles. The van der Waals surface area contributed by atoms with Crippen LogP contribution in [-0.4, -0.2) is 61.8 Å². The Bertz CT molecular complexity index is 377. The van der Waals surface area contributed by atoms with Gasteiger partial charge in [-0.2, -0.15) is 0 Å². The lowest BCUT2D eigenvalue weighted by atomic mass is 10.2. The lowest BCUT2D eigenvalue weighted by Crippen LogP contribution is -2.44. The molecule has 4 nitrogen and oxygen atoms in total. The van der Waals surface area contributed by atoms with Crippen molar-refractivity contribution in [1.82, 2.24) is 4.90 Å². The minimum Gasteiger partial charge on any atom is -0.390 e. The van der Waals surface area contributed by atoms with Crippen molar-refractivity contribution in [2.24, 2.45) is 0 Å². The van der Waals surface area contributed by atoms with Gasteiger partial charge in [0.05, 0.1) is 12.0 Å². The number of aliphatic hydroxyl groups is 1. The van der Waals surface area contributed by atoms with Crippen LogP contribution in [0.5, 0.6) is 0 Å². The van der Waals surface area contributed by atoms with Gasteiger partial charge in [-0.05, 0) is 31.3 Å². The average Bonchev–Trinajstić information content (AvgIpc) is 2.46. The van der Waals surface area contributed by atoms with Crippen molar-refractivity contribution in [3.05, 3.63) is 24.3 Å². The molecule has 0 aromatic heterocycles. The van der Waals surface area contributed by atoms with Crippen LogP contribution in [0.2, 0.25) is 0 Å². The molecule has 2 N–H and O–H groups in total. The topological polar surface area (TPSA) is 38.7 Å². The normalized spacial score (nSPS) is 18.4. The Morgan fingerprint density at radius 1 is 1.21 bits per heavy atom. The molecule has 1 atom stereocenters. The van der Waals surface area contributed by atoms with Crippen LogP contribution in [0.25, 0.3) is 0 Å². The van der Waals surface area contributed by atoms with Gasteiger partial charge < -0.3 is 20.2 Å². The van der Waals surface area contributed by atoms with Crippen LogP contribution in [0.1, 0.15) is 0 Å². The van der Waals surface area contributed by atoms with Gasteiger partial charge in [-0.25, -0.2) is 0 Å². The zero-order valence-corrected chi connectivity index (χ0v) is 12.1. The maximum Gasteiger partial charge on any atom is 0.0847 e. The summed E-state index contributed by atoms with van der Waals surface area (Å²) in [5, 5.41) is 12.6. The van der Waals surface area contributed by atoms with E-state index >= 15 is 0 Å². The van der Waals surface area contributed by atoms with Crippen molar-refractivity contribution in [3.8, 4) is 0 Å². The van der Waals surface area contributed by atoms with E-state index in [-0.39, 0.29) is 5.88 Å². The molecule has 1 saturated heterocycles. The van der Waals surface area contributed by atoms with Crippen LogP contribution in [0.3, 0.4) is 0 Å². The van der Waals surface area contributed by atoms with Gasteiger partial charge in [0, 0.05) is 44.1 Å². The van der Waals surface area contributed by atoms with Gasteiger partial charge in [0.1, 0.15) is 0 Å². The second kappa shape index (κ2) is 6.98. The third kappa shape index (κ3) is 4.27. The minimum absolute atomic E-state index is 0.256. The molecule has 1 aromatic rings. The molecule has 1 aliphatic heterocycles. The molecular formula is C14H22ClN3O. The highest BCUT2D eigenvalue weighted by Gasteiger charge is 2.13. The van der Waals surface area contributed by atoms with E-state index in [1.54, 1.807) is 0 Å². The molecule has 19 heavy (non-hydrogen) atoms. The third-order valence-corrected chi connectivity index (χ3v) is 3.81. The number of halogens is 1. The fourth-order valence-electron chi connectivity index (χ4n) is 2.14. The van der Waals surface area contributed by atoms with Crippen molar-refractivity contribution < 1.29 is 5.11 Å². The summed E-state index contributed by atoms with van der Waals surface area (Å²) in [5.41, 5.74) is 2.28. The molecule has 106 valence electrons. The molecule has 1 fully saturated rings. The molecule has 0 aliphatic carbocycles. The van der Waals surface area contributed by atoms with Crippen molar-refractivity contribution in [3.63, 3.8) is 0 Å². The van der Waals surface area contributed by atoms with Crippen molar-refractivity contribution in [1.29, 1.82) is 0 Å². The van der Waals surface area contributed by atoms with Gasteiger partial charge in [-0.15, -0.1) is 11.6 Å². The molecule has 1 heterocycles. The third-order valence-electron chi connectivity index (χ3n) is 3.46. The summed E-state index contributed by atoms with van der Waals surface area (Å²) in [4.78, 5) is 4.75. The Morgan fingerprint density at radius 2 is 1.84 bits per heavy atom. The standard InChI is InChI=1S/C14H22ClN3O/c1-17-6-8-18(9-7-17)13-4-2-12(3-5-13)16-11-14(19)10-15/h2-5,14,16,19H,6-11H2,1H3. The van der Waals surface area contributed by atoms with E-state index in [2.05, 4.69) is 46.4 Å². The summed E-state index contributed by atoms with van der Waals surface area (Å²) < 4.78 is 0. The number of benzene rings is 1. The summed E-state index contributed by atoms with van der Waals surface area (Å²) in [6.45, 7) is 4.86. The van der Waals surface area contributed by atoms with Gasteiger partial charge in [0.15, 0.2) is 0 Å². The van der Waals surface area contributed by atoms with Crippen LogP contribution in [0, 0.1) is 0 Å². The number of likely N-dealkylation sites (N-methyl/N-ethyl adjacent to an activating group) is 1. The number of anilines is 2. The van der Waals surface area contributed by atoms with Crippen molar-refractivity contribution >= 4 is 23.0 Å². The van der Waals surface area contributed by atoms with E-state index in [0.717, 1.165) is 31.9 Å². The smallest absolute Gasteiger partial charge is 0.0847 e. The first-order valence-electron chi connectivity index (χ1n) is 6.70. The molecule has 1 aliphatic rings. The highest BCUT2D eigenvalue weighted by atomic mass is 35.5. The van der Waals surface area contributed by atoms with E-state index in [1.165, 1.54) is 5.69 Å². The molecule has 0 amide bonds. The number of alkyl halides is 1. The largest absolute Gasteiger partial charge is 0.390 e. The summed E-state index contributed by atoms with van der Waals surface area (Å²) >= 11 is 5.56. The molecule has 0 bridgehead atoms. The Kier molecular flexibility index (Phi) is 5.31. The first-order chi connectivity index (χ1) is 9.19. The molecule has 1 unspecified atom stereocenters. The molecule has 2 rings (SSSR count). The van der Waals surface area contributed by atoms with Gasteiger partial charge in [-0.3, -0.25) is 0 Å². The van der Waals surface area contributed by atoms with Crippen LogP contribution < -0.4 is 10.2 Å². The maximum absolute atomic E-state index is 9.40. The summed E-state index contributed by atoms with van der Waals surface area (Å²) in [7, 11) is 2.16. The van der Waals surface area contributed by atoms with Crippen LogP contribution in [0.15, 0.2) is 24.3 Å². The van der Waals surface area contributed by atoms with E-state index in [1.807, 2.05) is 0 Å². The van der Waals surface area contributed by atoms with Crippen LogP contribution in [-0.2, 0) is 0 Å². The zero-order valence-electron chi connectivity index (χ0n) is 11.3. The number of nitrogens with one attached hydrogen (secondary N) is 1.